The first-order chi connectivity index (χ1) is 8.31. The van der Waals surface area contributed by atoms with E-state index in [9.17, 15) is 5.11 Å². The summed E-state index contributed by atoms with van der Waals surface area (Å²) < 4.78 is 0. The van der Waals surface area contributed by atoms with Crippen LogP contribution in [-0.2, 0) is 0 Å². The number of nitrogens with one attached hydrogen (secondary N) is 1. The van der Waals surface area contributed by atoms with E-state index in [1.807, 2.05) is 0 Å². The first-order valence-corrected chi connectivity index (χ1v) is 7.45. The van der Waals surface area contributed by atoms with Gasteiger partial charge in [-0.1, -0.05) is 0 Å². The van der Waals surface area contributed by atoms with Gasteiger partial charge in [0.05, 0.1) is 6.10 Å². The van der Waals surface area contributed by atoms with Crippen LogP contribution in [0, 0.1) is 11.8 Å². The number of fused-ring (bicyclic) bond motifs is 3. The van der Waals surface area contributed by atoms with Crippen LogP contribution < -0.4 is 5.32 Å². The second kappa shape index (κ2) is 5.25. The number of hydrogen-bond donors (Lipinski definition) is 2. The molecule has 0 amide bonds. The van der Waals surface area contributed by atoms with Gasteiger partial charge in [0.2, 0.25) is 0 Å². The number of hydrogen-bond acceptors (Lipinski definition) is 3. The summed E-state index contributed by atoms with van der Waals surface area (Å²) in [5, 5.41) is 13.3. The summed E-state index contributed by atoms with van der Waals surface area (Å²) in [7, 11) is 0. The van der Waals surface area contributed by atoms with Crippen LogP contribution in [0.2, 0.25) is 0 Å². The van der Waals surface area contributed by atoms with Crippen molar-refractivity contribution in [2.45, 2.75) is 50.7 Å². The molecule has 0 aromatic heterocycles. The molecule has 4 aliphatic rings. The van der Waals surface area contributed by atoms with Gasteiger partial charge in [-0.05, 0) is 70.0 Å². The maximum absolute atomic E-state index is 9.50. The third-order valence-electron chi connectivity index (χ3n) is 5.14. The fourth-order valence-corrected chi connectivity index (χ4v) is 3.86. The molecule has 0 spiro atoms. The van der Waals surface area contributed by atoms with Crippen LogP contribution in [-0.4, -0.2) is 48.3 Å². The monoisotopic (exact) mass is 238 g/mol. The smallest absolute Gasteiger partial charge is 0.0540 e. The summed E-state index contributed by atoms with van der Waals surface area (Å²) in [5.41, 5.74) is 0. The fourth-order valence-electron chi connectivity index (χ4n) is 3.86. The summed E-state index contributed by atoms with van der Waals surface area (Å²) in [4.78, 5) is 2.61. The second-order valence-corrected chi connectivity index (χ2v) is 6.33. The molecule has 98 valence electrons. The Morgan fingerprint density at radius 2 is 1.71 bits per heavy atom. The predicted octanol–water partition coefficient (Wildman–Crippen LogP) is 1.22. The molecule has 4 fully saturated rings. The van der Waals surface area contributed by atoms with Gasteiger partial charge in [0.15, 0.2) is 0 Å². The molecule has 2 bridgehead atoms. The van der Waals surface area contributed by atoms with E-state index in [1.54, 1.807) is 0 Å². The molecule has 1 saturated carbocycles. The Morgan fingerprint density at radius 1 is 1.00 bits per heavy atom. The highest BCUT2D eigenvalue weighted by Crippen LogP contribution is 2.28. The van der Waals surface area contributed by atoms with Crippen molar-refractivity contribution >= 4 is 0 Å². The standard InChI is InChI=1S/C14H26N2O/c17-13-3-1-11(2-4-13)9-15-14-10-16-7-5-12(14)6-8-16/h11-15,17H,1-10H2. The summed E-state index contributed by atoms with van der Waals surface area (Å²) in [5.74, 6) is 1.75. The summed E-state index contributed by atoms with van der Waals surface area (Å²) in [6.07, 6.45) is 7.27. The summed E-state index contributed by atoms with van der Waals surface area (Å²) >= 11 is 0. The van der Waals surface area contributed by atoms with Gasteiger partial charge in [-0.15, -0.1) is 0 Å². The number of aliphatic hydroxyl groups excluding tert-OH is 1. The minimum Gasteiger partial charge on any atom is -0.393 e. The minimum atomic E-state index is -0.0111. The van der Waals surface area contributed by atoms with Crippen LogP contribution in [0.4, 0.5) is 0 Å². The van der Waals surface area contributed by atoms with Crippen molar-refractivity contribution < 1.29 is 5.11 Å². The molecule has 1 aliphatic carbocycles. The summed E-state index contributed by atoms with van der Waals surface area (Å²) in [6, 6.07) is 0.754. The first-order valence-electron chi connectivity index (χ1n) is 7.45. The first kappa shape index (κ1) is 11.9. The SMILES string of the molecule is OC1CCC(CNC2CN3CCC2CC3)CC1. The fraction of sp³-hybridized carbons (Fsp3) is 1.00. The summed E-state index contributed by atoms with van der Waals surface area (Å²) in [6.45, 7) is 5.12. The molecule has 3 heterocycles. The molecule has 17 heavy (non-hydrogen) atoms. The highest BCUT2D eigenvalue weighted by Gasteiger charge is 2.34. The molecular formula is C14H26N2O. The van der Waals surface area contributed by atoms with Crippen molar-refractivity contribution in [3.05, 3.63) is 0 Å². The zero-order valence-corrected chi connectivity index (χ0v) is 10.8. The van der Waals surface area contributed by atoms with E-state index < -0.39 is 0 Å². The lowest BCUT2D eigenvalue weighted by Crippen LogP contribution is -2.56. The molecule has 3 nitrogen and oxygen atoms in total. The normalized spacial score (nSPS) is 46.1. The van der Waals surface area contributed by atoms with Crippen molar-refractivity contribution in [3.63, 3.8) is 0 Å². The molecule has 0 aromatic rings. The van der Waals surface area contributed by atoms with Gasteiger partial charge in [-0.25, -0.2) is 0 Å². The molecule has 2 N–H and O–H groups in total. The van der Waals surface area contributed by atoms with Gasteiger partial charge >= 0.3 is 0 Å². The Kier molecular flexibility index (Phi) is 3.69. The van der Waals surface area contributed by atoms with E-state index in [0.29, 0.717) is 0 Å². The van der Waals surface area contributed by atoms with Crippen LogP contribution >= 0.6 is 0 Å². The Balaban J connectivity index is 1.42. The molecule has 1 atom stereocenters. The number of aliphatic hydroxyl groups is 1. The molecule has 0 aromatic carbocycles. The Morgan fingerprint density at radius 3 is 2.29 bits per heavy atom. The lowest BCUT2D eigenvalue weighted by molar-refractivity contribution is 0.0652. The Labute approximate surface area is 105 Å². The zero-order valence-electron chi connectivity index (χ0n) is 10.8. The maximum atomic E-state index is 9.50. The van der Waals surface area contributed by atoms with Crippen LogP contribution in [0.15, 0.2) is 0 Å². The van der Waals surface area contributed by atoms with Gasteiger partial charge in [0.25, 0.3) is 0 Å². The van der Waals surface area contributed by atoms with Crippen LogP contribution in [0.3, 0.4) is 0 Å². The maximum Gasteiger partial charge on any atom is 0.0540 e. The van der Waals surface area contributed by atoms with E-state index in [0.717, 1.165) is 30.7 Å². The third kappa shape index (κ3) is 2.83. The van der Waals surface area contributed by atoms with E-state index >= 15 is 0 Å². The van der Waals surface area contributed by atoms with Gasteiger partial charge in [-0.3, -0.25) is 0 Å². The average Bonchev–Trinajstić information content (AvgIpc) is 2.39. The Bertz CT molecular complexity index is 243. The van der Waals surface area contributed by atoms with Crippen molar-refractivity contribution in [3.8, 4) is 0 Å². The predicted molar refractivity (Wildman–Crippen MR) is 68.9 cm³/mol. The largest absolute Gasteiger partial charge is 0.393 e. The molecule has 3 heteroatoms. The minimum absolute atomic E-state index is 0.0111. The second-order valence-electron chi connectivity index (χ2n) is 6.33. The molecule has 3 saturated heterocycles. The third-order valence-corrected chi connectivity index (χ3v) is 5.14. The van der Waals surface area contributed by atoms with Crippen LogP contribution in [0.25, 0.3) is 0 Å². The van der Waals surface area contributed by atoms with Gasteiger partial charge in [-0.2, -0.15) is 0 Å². The highest BCUT2D eigenvalue weighted by atomic mass is 16.3. The molecule has 1 unspecified atom stereocenters. The molecular weight excluding hydrogens is 212 g/mol. The van der Waals surface area contributed by atoms with Gasteiger partial charge < -0.3 is 15.3 Å². The van der Waals surface area contributed by atoms with E-state index in [1.165, 1.54) is 51.9 Å². The lowest BCUT2D eigenvalue weighted by Gasteiger charge is -2.45. The van der Waals surface area contributed by atoms with Crippen molar-refractivity contribution in [2.24, 2.45) is 11.8 Å². The number of piperidine rings is 3. The number of nitrogens with zero attached hydrogens (tertiary/aromatic N) is 1. The number of rotatable bonds is 3. The van der Waals surface area contributed by atoms with Crippen molar-refractivity contribution in [2.75, 3.05) is 26.2 Å². The molecule has 3 aliphatic heterocycles. The molecule has 4 rings (SSSR count). The molecule has 0 radical (unpaired) electrons. The highest BCUT2D eigenvalue weighted by molar-refractivity contribution is 4.91. The van der Waals surface area contributed by atoms with Gasteiger partial charge in [0, 0.05) is 12.6 Å². The van der Waals surface area contributed by atoms with Crippen molar-refractivity contribution in [1.29, 1.82) is 0 Å². The Hall–Kier alpha value is -0.120. The quantitative estimate of drug-likeness (QED) is 0.776. The van der Waals surface area contributed by atoms with E-state index in [-0.39, 0.29) is 6.10 Å². The van der Waals surface area contributed by atoms with Gasteiger partial charge in [0.1, 0.15) is 0 Å². The average molecular weight is 238 g/mol. The zero-order chi connectivity index (χ0) is 11.7. The topological polar surface area (TPSA) is 35.5 Å². The van der Waals surface area contributed by atoms with Crippen LogP contribution in [0.1, 0.15) is 38.5 Å². The van der Waals surface area contributed by atoms with E-state index in [4.69, 9.17) is 0 Å². The van der Waals surface area contributed by atoms with E-state index in [2.05, 4.69) is 10.2 Å². The van der Waals surface area contributed by atoms with Crippen molar-refractivity contribution in [1.82, 2.24) is 10.2 Å². The van der Waals surface area contributed by atoms with Crippen LogP contribution in [0.5, 0.6) is 0 Å². The lowest BCUT2D eigenvalue weighted by atomic mass is 9.83.